The van der Waals surface area contributed by atoms with E-state index in [1.165, 1.54) is 0 Å². The Morgan fingerprint density at radius 2 is 0.913 bits per heavy atom. The van der Waals surface area contributed by atoms with Gasteiger partial charge < -0.3 is 0 Å². The van der Waals surface area contributed by atoms with E-state index in [0.29, 0.717) is 0 Å². The van der Waals surface area contributed by atoms with Gasteiger partial charge in [-0.3, -0.25) is 0 Å². The molecule has 0 fully saturated rings. The lowest BCUT2D eigenvalue weighted by atomic mass is 10.2. The van der Waals surface area contributed by atoms with E-state index in [4.69, 9.17) is 0 Å². The summed E-state index contributed by atoms with van der Waals surface area (Å²) in [5.41, 5.74) is 0. The van der Waals surface area contributed by atoms with Crippen LogP contribution in [0.4, 0.5) is 65.9 Å². The molecule has 0 saturated carbocycles. The molecule has 140 valence electrons. The monoisotopic (exact) mass is 385 g/mol. The van der Waals surface area contributed by atoms with Crippen LogP contribution in [0.2, 0.25) is 0 Å². The molecule has 0 aromatic rings. The van der Waals surface area contributed by atoms with Crippen LogP contribution in [0, 0.1) is 0 Å². The summed E-state index contributed by atoms with van der Waals surface area (Å²) in [6, 6.07) is -14.7. The predicted molar refractivity (Wildman–Crippen MR) is 39.7 cm³/mol. The number of alkyl halides is 15. The van der Waals surface area contributed by atoms with Gasteiger partial charge in [0.1, 0.15) is 0 Å². The van der Waals surface area contributed by atoms with Crippen molar-refractivity contribution in [3.05, 3.63) is 0 Å². The highest BCUT2D eigenvalue weighted by atomic mass is 19.4. The summed E-state index contributed by atoms with van der Waals surface area (Å²) < 4.78 is 183. The first-order chi connectivity index (χ1) is 9.68. The molecule has 0 bridgehead atoms. The molecular formula is C7H2F15N. The quantitative estimate of drug-likeness (QED) is 0.497. The van der Waals surface area contributed by atoms with E-state index in [2.05, 4.69) is 0 Å². The van der Waals surface area contributed by atoms with Crippen molar-refractivity contribution in [1.82, 2.24) is 4.90 Å². The topological polar surface area (TPSA) is 3.24 Å². The van der Waals surface area contributed by atoms with Crippen LogP contribution in [0.5, 0.6) is 0 Å². The molecule has 2 atom stereocenters. The van der Waals surface area contributed by atoms with Crippen LogP contribution in [0.1, 0.15) is 0 Å². The van der Waals surface area contributed by atoms with E-state index in [9.17, 15) is 65.9 Å². The van der Waals surface area contributed by atoms with Crippen molar-refractivity contribution in [2.75, 3.05) is 0 Å². The second kappa shape index (κ2) is 5.77. The van der Waals surface area contributed by atoms with E-state index >= 15 is 0 Å². The highest BCUT2D eigenvalue weighted by Crippen LogP contribution is 2.50. The van der Waals surface area contributed by atoms with Crippen molar-refractivity contribution in [1.29, 1.82) is 0 Å². The molecule has 0 aromatic heterocycles. The molecule has 0 radical (unpaired) electrons. The van der Waals surface area contributed by atoms with Crippen molar-refractivity contribution in [3.63, 3.8) is 0 Å². The van der Waals surface area contributed by atoms with Crippen LogP contribution >= 0.6 is 0 Å². The van der Waals surface area contributed by atoms with Gasteiger partial charge >= 0.3 is 30.6 Å². The van der Waals surface area contributed by atoms with Gasteiger partial charge in [0.25, 0.3) is 12.5 Å². The zero-order valence-corrected chi connectivity index (χ0v) is 9.77. The lowest BCUT2D eigenvalue weighted by Crippen LogP contribution is -2.69. The van der Waals surface area contributed by atoms with E-state index in [1.807, 2.05) is 0 Å². The first-order valence-electron chi connectivity index (χ1n) is 4.71. The Hall–Kier alpha value is -1.09. The maximum absolute atomic E-state index is 12.9. The number of hydrogen-bond acceptors (Lipinski definition) is 1. The van der Waals surface area contributed by atoms with Crippen LogP contribution in [0.3, 0.4) is 0 Å². The predicted octanol–water partition coefficient (Wildman–Crippen LogP) is 4.79. The Balaban J connectivity index is 6.29. The Kier molecular flexibility index (Phi) is 5.49. The summed E-state index contributed by atoms with van der Waals surface area (Å²) in [4.78, 5) is -3.85. The largest absolute Gasteiger partial charge is 0.469 e. The van der Waals surface area contributed by atoms with Crippen LogP contribution in [-0.2, 0) is 0 Å². The summed E-state index contributed by atoms with van der Waals surface area (Å²) in [6.45, 7) is 0. The van der Waals surface area contributed by atoms with Crippen molar-refractivity contribution < 1.29 is 65.9 Å². The van der Waals surface area contributed by atoms with E-state index < -0.39 is 48.0 Å². The molecule has 0 rings (SSSR count). The Morgan fingerprint density at radius 3 is 1.13 bits per heavy atom. The SMILES string of the molecule is FC(N(C(F)(F)C(F)C(F)(F)F)C(F)(F)C(F)(F)F)C(F)(F)F. The second-order valence-electron chi connectivity index (χ2n) is 3.78. The minimum atomic E-state index is -7.49. The van der Waals surface area contributed by atoms with Gasteiger partial charge in [-0.2, -0.15) is 57.1 Å². The van der Waals surface area contributed by atoms with Gasteiger partial charge in [-0.15, -0.1) is 4.90 Å². The fourth-order valence-electron chi connectivity index (χ4n) is 1.08. The van der Waals surface area contributed by atoms with Crippen molar-refractivity contribution >= 4 is 0 Å². The molecule has 16 heteroatoms. The molecule has 1 nitrogen and oxygen atoms in total. The smallest absolute Gasteiger partial charge is 0.229 e. The molecular weight excluding hydrogens is 383 g/mol. The van der Waals surface area contributed by atoms with Crippen LogP contribution in [0.15, 0.2) is 0 Å². The molecule has 23 heavy (non-hydrogen) atoms. The van der Waals surface area contributed by atoms with Gasteiger partial charge in [0.05, 0.1) is 0 Å². The summed E-state index contributed by atoms with van der Waals surface area (Å²) in [5.74, 6) is 0. The number of hydrogen-bond donors (Lipinski definition) is 0. The summed E-state index contributed by atoms with van der Waals surface area (Å²) >= 11 is 0. The highest BCUT2D eigenvalue weighted by Gasteiger charge is 2.77. The molecule has 0 aliphatic rings. The minimum Gasteiger partial charge on any atom is -0.229 e. The average molecular weight is 385 g/mol. The van der Waals surface area contributed by atoms with Crippen molar-refractivity contribution in [2.45, 2.75) is 43.1 Å². The molecule has 2 unspecified atom stereocenters. The molecule has 0 saturated heterocycles. The summed E-state index contributed by atoms with van der Waals surface area (Å²) in [6.07, 6.45) is -33.1. The van der Waals surface area contributed by atoms with Crippen LogP contribution in [-0.4, -0.2) is 48.0 Å². The van der Waals surface area contributed by atoms with Crippen molar-refractivity contribution in [2.24, 2.45) is 0 Å². The second-order valence-corrected chi connectivity index (χ2v) is 3.78. The minimum absolute atomic E-state index is 3.85. The van der Waals surface area contributed by atoms with Gasteiger partial charge in [0.15, 0.2) is 0 Å². The first kappa shape index (κ1) is 21.9. The maximum atomic E-state index is 12.9. The Labute approximate surface area is 115 Å². The lowest BCUT2D eigenvalue weighted by Gasteiger charge is -2.40. The van der Waals surface area contributed by atoms with Gasteiger partial charge in [-0.05, 0) is 0 Å². The fourth-order valence-corrected chi connectivity index (χ4v) is 1.08. The van der Waals surface area contributed by atoms with Crippen LogP contribution < -0.4 is 0 Å². The zero-order chi connectivity index (χ0) is 19.2. The van der Waals surface area contributed by atoms with E-state index in [1.54, 1.807) is 0 Å². The lowest BCUT2D eigenvalue weighted by molar-refractivity contribution is -0.440. The third kappa shape index (κ3) is 4.26. The molecule has 0 aliphatic carbocycles. The summed E-state index contributed by atoms with van der Waals surface area (Å²) in [5, 5.41) is 0. The van der Waals surface area contributed by atoms with Gasteiger partial charge in [-0.1, -0.05) is 0 Å². The maximum Gasteiger partial charge on any atom is 0.469 e. The number of rotatable bonds is 4. The van der Waals surface area contributed by atoms with Gasteiger partial charge in [0, 0.05) is 0 Å². The third-order valence-corrected chi connectivity index (χ3v) is 2.05. The average Bonchev–Trinajstić information content (AvgIpc) is 2.22. The van der Waals surface area contributed by atoms with E-state index in [-0.39, 0.29) is 0 Å². The van der Waals surface area contributed by atoms with Crippen molar-refractivity contribution in [3.8, 4) is 0 Å². The zero-order valence-electron chi connectivity index (χ0n) is 9.77. The molecule has 0 spiro atoms. The third-order valence-electron chi connectivity index (χ3n) is 2.05. The molecule has 0 aliphatic heterocycles. The Bertz CT molecular complexity index is 402. The number of nitrogens with zero attached hydrogens (tertiary/aromatic N) is 1. The number of halogens is 15. The molecule has 0 amide bonds. The fraction of sp³-hybridized carbons (Fsp3) is 1.00. The highest BCUT2D eigenvalue weighted by molar-refractivity contribution is 4.93. The van der Waals surface area contributed by atoms with Gasteiger partial charge in [0.2, 0.25) is 0 Å². The van der Waals surface area contributed by atoms with Gasteiger partial charge in [-0.25, -0.2) is 8.78 Å². The first-order valence-corrected chi connectivity index (χ1v) is 4.71. The van der Waals surface area contributed by atoms with Crippen LogP contribution in [0.25, 0.3) is 0 Å². The van der Waals surface area contributed by atoms with E-state index in [0.717, 1.165) is 0 Å². The normalized spacial score (nSPS) is 18.3. The summed E-state index contributed by atoms with van der Waals surface area (Å²) in [7, 11) is 0. The standard InChI is InChI=1S/C7H2F15N/c8-1(3(10,11)12)5(16,17)23(2(9)4(13,14)15)7(21,22)6(18,19)20/h1-2H. The molecule has 0 heterocycles. The molecule has 0 N–H and O–H groups in total. The Morgan fingerprint density at radius 1 is 0.565 bits per heavy atom. The molecule has 0 aromatic carbocycles.